The fourth-order valence-electron chi connectivity index (χ4n) is 1.88. The molecular formula is C15H21N3O3. The molecule has 0 bridgehead atoms. The van der Waals surface area contributed by atoms with E-state index in [2.05, 4.69) is 10.6 Å². The van der Waals surface area contributed by atoms with Gasteiger partial charge in [-0.15, -0.1) is 0 Å². The van der Waals surface area contributed by atoms with Gasteiger partial charge in [0.05, 0.1) is 12.3 Å². The molecular weight excluding hydrogens is 270 g/mol. The van der Waals surface area contributed by atoms with Crippen LogP contribution in [0.2, 0.25) is 0 Å². The van der Waals surface area contributed by atoms with Crippen molar-refractivity contribution in [1.29, 1.82) is 0 Å². The molecule has 0 saturated heterocycles. The zero-order valence-electron chi connectivity index (χ0n) is 12.3. The van der Waals surface area contributed by atoms with Crippen LogP contribution in [0.1, 0.15) is 37.0 Å². The Bertz CT molecular complexity index is 541. The third kappa shape index (κ3) is 4.11. The highest BCUT2D eigenvalue weighted by Gasteiger charge is 2.26. The molecule has 4 N–H and O–H groups in total. The molecule has 1 aliphatic rings. The highest BCUT2D eigenvalue weighted by molar-refractivity contribution is 5.98. The molecule has 2 amide bonds. The SMILES string of the molecule is CCOc1ccc(C(=O)NC(C)C(=O)NC2CC2)cc1N. The van der Waals surface area contributed by atoms with E-state index in [0.29, 0.717) is 23.6 Å². The van der Waals surface area contributed by atoms with E-state index in [4.69, 9.17) is 10.5 Å². The van der Waals surface area contributed by atoms with Crippen LogP contribution in [0.25, 0.3) is 0 Å². The molecule has 21 heavy (non-hydrogen) atoms. The number of carbonyl (C=O) groups excluding carboxylic acids is 2. The zero-order valence-corrected chi connectivity index (χ0v) is 12.3. The molecule has 6 heteroatoms. The number of nitrogens with one attached hydrogen (secondary N) is 2. The number of ether oxygens (including phenoxy) is 1. The summed E-state index contributed by atoms with van der Waals surface area (Å²) in [5.74, 6) is 0.0570. The first-order valence-electron chi connectivity index (χ1n) is 7.14. The molecule has 1 unspecified atom stereocenters. The van der Waals surface area contributed by atoms with Crippen LogP contribution in [0.5, 0.6) is 5.75 Å². The number of hydrogen-bond donors (Lipinski definition) is 3. The van der Waals surface area contributed by atoms with E-state index in [9.17, 15) is 9.59 Å². The van der Waals surface area contributed by atoms with Crippen LogP contribution in [0.15, 0.2) is 18.2 Å². The summed E-state index contributed by atoms with van der Waals surface area (Å²) >= 11 is 0. The second-order valence-electron chi connectivity index (χ2n) is 5.16. The number of nitrogens with two attached hydrogens (primary N) is 1. The van der Waals surface area contributed by atoms with Crippen LogP contribution < -0.4 is 21.1 Å². The lowest BCUT2D eigenvalue weighted by molar-refractivity contribution is -0.122. The van der Waals surface area contributed by atoms with Crippen molar-refractivity contribution in [1.82, 2.24) is 10.6 Å². The quantitative estimate of drug-likeness (QED) is 0.683. The summed E-state index contributed by atoms with van der Waals surface area (Å²) in [4.78, 5) is 23.9. The van der Waals surface area contributed by atoms with Gasteiger partial charge in [-0.05, 0) is 44.9 Å². The monoisotopic (exact) mass is 291 g/mol. The summed E-state index contributed by atoms with van der Waals surface area (Å²) in [6, 6.07) is 4.53. The first kappa shape index (κ1) is 15.2. The number of anilines is 1. The second-order valence-corrected chi connectivity index (χ2v) is 5.16. The normalized spacial score (nSPS) is 15.1. The van der Waals surface area contributed by atoms with Gasteiger partial charge in [0.15, 0.2) is 0 Å². The minimum absolute atomic E-state index is 0.162. The molecule has 114 valence electrons. The highest BCUT2D eigenvalue weighted by Crippen LogP contribution is 2.22. The van der Waals surface area contributed by atoms with E-state index in [0.717, 1.165) is 12.8 Å². The fraction of sp³-hybridized carbons (Fsp3) is 0.467. The molecule has 0 heterocycles. The molecule has 0 aliphatic heterocycles. The molecule has 1 aromatic rings. The smallest absolute Gasteiger partial charge is 0.251 e. The lowest BCUT2D eigenvalue weighted by atomic mass is 10.1. The first-order valence-corrected chi connectivity index (χ1v) is 7.14. The molecule has 1 fully saturated rings. The van der Waals surface area contributed by atoms with Crippen molar-refractivity contribution < 1.29 is 14.3 Å². The topological polar surface area (TPSA) is 93.4 Å². The van der Waals surface area contributed by atoms with Crippen LogP contribution in [0.4, 0.5) is 5.69 Å². The molecule has 1 aliphatic carbocycles. The van der Waals surface area contributed by atoms with Crippen LogP contribution in [-0.2, 0) is 4.79 Å². The predicted octanol–water partition coefficient (Wildman–Crippen LogP) is 1.06. The Labute approximate surface area is 124 Å². The lowest BCUT2D eigenvalue weighted by Gasteiger charge is -2.14. The van der Waals surface area contributed by atoms with E-state index < -0.39 is 6.04 Å². The van der Waals surface area contributed by atoms with Crippen molar-refractivity contribution >= 4 is 17.5 Å². The number of hydrogen-bond acceptors (Lipinski definition) is 4. The summed E-state index contributed by atoms with van der Waals surface area (Å²) in [7, 11) is 0. The standard InChI is InChI=1S/C15H21N3O3/c1-3-21-13-7-4-10(8-12(13)16)15(20)17-9(2)14(19)18-11-5-6-11/h4,7-9,11H,3,5-6,16H2,1-2H3,(H,17,20)(H,18,19). The van der Waals surface area contributed by atoms with Crippen LogP contribution in [0.3, 0.4) is 0 Å². The van der Waals surface area contributed by atoms with Gasteiger partial charge in [-0.1, -0.05) is 0 Å². The van der Waals surface area contributed by atoms with Gasteiger partial charge in [0.25, 0.3) is 5.91 Å². The average molecular weight is 291 g/mol. The van der Waals surface area contributed by atoms with Crippen molar-refractivity contribution in [2.45, 2.75) is 38.8 Å². The molecule has 6 nitrogen and oxygen atoms in total. The Hall–Kier alpha value is -2.24. The second kappa shape index (κ2) is 6.47. The number of rotatable bonds is 6. The molecule has 0 radical (unpaired) electrons. The van der Waals surface area contributed by atoms with E-state index in [1.807, 2.05) is 6.92 Å². The van der Waals surface area contributed by atoms with Gasteiger partial charge in [-0.2, -0.15) is 0 Å². The van der Waals surface area contributed by atoms with Gasteiger partial charge in [0, 0.05) is 11.6 Å². The van der Waals surface area contributed by atoms with E-state index in [1.54, 1.807) is 25.1 Å². The zero-order chi connectivity index (χ0) is 15.4. The largest absolute Gasteiger partial charge is 0.492 e. The number of benzene rings is 1. The lowest BCUT2D eigenvalue weighted by Crippen LogP contribution is -2.45. The van der Waals surface area contributed by atoms with Crippen molar-refractivity contribution in [2.75, 3.05) is 12.3 Å². The molecule has 1 atom stereocenters. The third-order valence-corrected chi connectivity index (χ3v) is 3.24. The Morgan fingerprint density at radius 3 is 2.71 bits per heavy atom. The van der Waals surface area contributed by atoms with Crippen LogP contribution >= 0.6 is 0 Å². The van der Waals surface area contributed by atoms with Crippen LogP contribution in [-0.4, -0.2) is 30.5 Å². The Balaban J connectivity index is 1.95. The van der Waals surface area contributed by atoms with E-state index >= 15 is 0 Å². The van der Waals surface area contributed by atoms with Crippen molar-refractivity contribution in [3.05, 3.63) is 23.8 Å². The molecule has 1 saturated carbocycles. The van der Waals surface area contributed by atoms with Gasteiger partial charge < -0.3 is 21.1 Å². The van der Waals surface area contributed by atoms with Gasteiger partial charge in [0.1, 0.15) is 11.8 Å². The van der Waals surface area contributed by atoms with Gasteiger partial charge in [-0.25, -0.2) is 0 Å². The molecule has 0 aromatic heterocycles. The van der Waals surface area contributed by atoms with E-state index in [-0.39, 0.29) is 17.9 Å². The van der Waals surface area contributed by atoms with Gasteiger partial charge >= 0.3 is 0 Å². The Morgan fingerprint density at radius 1 is 1.43 bits per heavy atom. The molecule has 2 rings (SSSR count). The number of amides is 2. The van der Waals surface area contributed by atoms with Gasteiger partial charge in [0.2, 0.25) is 5.91 Å². The number of carbonyl (C=O) groups is 2. The average Bonchev–Trinajstić information content (AvgIpc) is 3.25. The van der Waals surface area contributed by atoms with Crippen LogP contribution in [0, 0.1) is 0 Å². The fourth-order valence-corrected chi connectivity index (χ4v) is 1.88. The molecule has 0 spiro atoms. The van der Waals surface area contributed by atoms with Crippen molar-refractivity contribution in [2.24, 2.45) is 0 Å². The Kier molecular flexibility index (Phi) is 4.67. The van der Waals surface area contributed by atoms with Crippen molar-refractivity contribution in [3.8, 4) is 5.75 Å². The van der Waals surface area contributed by atoms with Gasteiger partial charge in [-0.3, -0.25) is 9.59 Å². The minimum atomic E-state index is -0.578. The maximum Gasteiger partial charge on any atom is 0.251 e. The van der Waals surface area contributed by atoms with Crippen molar-refractivity contribution in [3.63, 3.8) is 0 Å². The minimum Gasteiger partial charge on any atom is -0.492 e. The maximum atomic E-state index is 12.1. The summed E-state index contributed by atoms with van der Waals surface area (Å²) < 4.78 is 5.32. The van der Waals surface area contributed by atoms with E-state index in [1.165, 1.54) is 0 Å². The first-order chi connectivity index (χ1) is 10.0. The predicted molar refractivity (Wildman–Crippen MR) is 80.1 cm³/mol. The maximum absolute atomic E-state index is 12.1. The number of nitrogen functional groups attached to an aromatic ring is 1. The summed E-state index contributed by atoms with van der Waals surface area (Å²) in [6.07, 6.45) is 2.03. The third-order valence-electron chi connectivity index (χ3n) is 3.24. The summed E-state index contributed by atoms with van der Waals surface area (Å²) in [5, 5.41) is 5.51. The molecule has 1 aromatic carbocycles. The highest BCUT2D eigenvalue weighted by atomic mass is 16.5. The summed E-state index contributed by atoms with van der Waals surface area (Å²) in [6.45, 7) is 4.03. The summed E-state index contributed by atoms with van der Waals surface area (Å²) in [5.41, 5.74) is 6.63. The Morgan fingerprint density at radius 2 is 2.14 bits per heavy atom.